The van der Waals surface area contributed by atoms with Gasteiger partial charge < -0.3 is 5.73 Å². The molecule has 4 heteroatoms. The molecule has 0 aromatic heterocycles. The Bertz CT molecular complexity index is 271. The number of halogens is 2. The zero-order valence-electron chi connectivity index (χ0n) is 7.77. The molecule has 0 heterocycles. The van der Waals surface area contributed by atoms with Crippen molar-refractivity contribution >= 4 is 0 Å². The summed E-state index contributed by atoms with van der Waals surface area (Å²) >= 11 is 0. The van der Waals surface area contributed by atoms with Crippen LogP contribution in [0.5, 0.6) is 0 Å². The van der Waals surface area contributed by atoms with Crippen LogP contribution >= 0.6 is 0 Å². The Morgan fingerprint density at radius 2 is 2.08 bits per heavy atom. The summed E-state index contributed by atoms with van der Waals surface area (Å²) in [4.78, 5) is 0. The first-order valence-corrected chi connectivity index (χ1v) is 3.63. The molecule has 0 amide bonds. The minimum absolute atomic E-state index is 0. The Balaban J connectivity index is 0.00000144. The van der Waals surface area contributed by atoms with E-state index in [0.717, 1.165) is 6.92 Å². The average molecular weight is 209 g/mol. The predicted molar refractivity (Wildman–Crippen MR) is 42.7 cm³/mol. The monoisotopic (exact) mass is 209 g/mol. The second-order valence-electron chi connectivity index (χ2n) is 2.68. The van der Waals surface area contributed by atoms with Crippen LogP contribution in [-0.4, -0.2) is 0 Å². The van der Waals surface area contributed by atoms with Gasteiger partial charge in [-0.1, -0.05) is 5.56 Å². The minimum Gasteiger partial charge on any atom is -0.328 e. The summed E-state index contributed by atoms with van der Waals surface area (Å²) in [5.74, 6) is -2.83. The van der Waals surface area contributed by atoms with Gasteiger partial charge in [0.15, 0.2) is 0 Å². The topological polar surface area (TPSA) is 26.0 Å². The molecule has 0 spiro atoms. The first kappa shape index (κ1) is 13.7. The molecule has 0 aliphatic rings. The molecule has 0 saturated heterocycles. The molecule has 1 aromatic rings. The number of hydrogen-bond donors (Lipinski definition) is 1. The van der Waals surface area contributed by atoms with E-state index in [1.807, 2.05) is 0 Å². The summed E-state index contributed by atoms with van der Waals surface area (Å²) in [6.07, 6.45) is 0. The maximum Gasteiger partial charge on any atom is 1.00 e. The van der Waals surface area contributed by atoms with Gasteiger partial charge in [0.2, 0.25) is 5.92 Å². The van der Waals surface area contributed by atoms with Crippen LogP contribution in [0.25, 0.3) is 0 Å². The van der Waals surface area contributed by atoms with Crippen LogP contribution in [0, 0.1) is 6.07 Å². The molecule has 0 fully saturated rings. The van der Waals surface area contributed by atoms with E-state index in [0.29, 0.717) is 5.56 Å². The number of alkyl halides is 2. The molecule has 1 nitrogen and oxygen atoms in total. The molecule has 0 saturated carbocycles. The van der Waals surface area contributed by atoms with Crippen molar-refractivity contribution in [1.82, 2.24) is 0 Å². The number of hydrogen-bond acceptors (Lipinski definition) is 1. The molecule has 13 heavy (non-hydrogen) atoms. The maximum atomic E-state index is 12.7. The molecular weight excluding hydrogens is 199 g/mol. The minimum atomic E-state index is -2.83. The summed E-state index contributed by atoms with van der Waals surface area (Å²) in [5.41, 5.74) is 5.79. The van der Waals surface area contributed by atoms with Gasteiger partial charge in [-0.05, 0) is 6.54 Å². The Morgan fingerprint density at radius 1 is 1.46 bits per heavy atom. The Labute approximate surface area is 119 Å². The Kier molecular flexibility index (Phi) is 5.82. The molecule has 0 radical (unpaired) electrons. The number of benzene rings is 1. The van der Waals surface area contributed by atoms with Gasteiger partial charge in [0.05, 0.1) is 0 Å². The van der Waals surface area contributed by atoms with Crippen molar-refractivity contribution < 1.29 is 60.2 Å². The summed E-state index contributed by atoms with van der Waals surface area (Å²) in [5, 5.41) is 0. The fourth-order valence-corrected chi connectivity index (χ4v) is 0.892. The predicted octanol–water partition coefficient (Wildman–Crippen LogP) is -0.939. The fraction of sp³-hybridized carbons (Fsp3) is 0.333. The first-order chi connectivity index (χ1) is 5.54. The third kappa shape index (κ3) is 4.14. The summed E-state index contributed by atoms with van der Waals surface area (Å²) in [6, 6.07) is 7.14. The van der Waals surface area contributed by atoms with Crippen molar-refractivity contribution in [1.29, 1.82) is 0 Å². The van der Waals surface area contributed by atoms with Crippen LogP contribution in [-0.2, 0) is 12.5 Å². The summed E-state index contributed by atoms with van der Waals surface area (Å²) < 4.78 is 25.4. The zero-order valence-corrected chi connectivity index (χ0v) is 10.9. The van der Waals surface area contributed by atoms with E-state index in [9.17, 15) is 8.78 Å². The molecule has 0 aliphatic heterocycles. The first-order valence-electron chi connectivity index (χ1n) is 3.63. The maximum absolute atomic E-state index is 12.7. The van der Waals surface area contributed by atoms with E-state index >= 15 is 0 Å². The third-order valence-electron chi connectivity index (χ3n) is 1.55. The molecule has 0 atom stereocenters. The quantitative estimate of drug-likeness (QED) is 0.494. The van der Waals surface area contributed by atoms with E-state index in [2.05, 4.69) is 6.07 Å². The molecule has 2 N–H and O–H groups in total. The SMILES string of the molecule is CC(F)(F)c1[c-]c(CN)ccc1.[K+]. The van der Waals surface area contributed by atoms with E-state index in [1.54, 1.807) is 12.1 Å². The summed E-state index contributed by atoms with van der Waals surface area (Å²) in [6.45, 7) is 1.09. The largest absolute Gasteiger partial charge is 1.00 e. The molecule has 0 unspecified atom stereocenters. The van der Waals surface area contributed by atoms with Crippen molar-refractivity contribution in [2.75, 3.05) is 0 Å². The van der Waals surface area contributed by atoms with Crippen molar-refractivity contribution in [2.45, 2.75) is 19.4 Å². The van der Waals surface area contributed by atoms with Gasteiger partial charge in [0.1, 0.15) is 0 Å². The second kappa shape index (κ2) is 5.53. The van der Waals surface area contributed by atoms with Crippen LogP contribution < -0.4 is 57.1 Å². The van der Waals surface area contributed by atoms with Gasteiger partial charge in [-0.25, -0.2) is 8.78 Å². The van der Waals surface area contributed by atoms with Gasteiger partial charge in [0.25, 0.3) is 0 Å². The van der Waals surface area contributed by atoms with Crippen LogP contribution in [0.3, 0.4) is 0 Å². The number of nitrogens with two attached hydrogens (primary N) is 1. The Morgan fingerprint density at radius 3 is 2.54 bits per heavy atom. The van der Waals surface area contributed by atoms with E-state index in [-0.39, 0.29) is 63.5 Å². The van der Waals surface area contributed by atoms with Crippen LogP contribution in [0.2, 0.25) is 0 Å². The van der Waals surface area contributed by atoms with Gasteiger partial charge in [-0.15, -0.1) is 5.56 Å². The zero-order chi connectivity index (χ0) is 9.19. The van der Waals surface area contributed by atoms with Crippen molar-refractivity contribution in [3.05, 3.63) is 35.4 Å². The fourth-order valence-electron chi connectivity index (χ4n) is 0.892. The van der Waals surface area contributed by atoms with Crippen molar-refractivity contribution in [3.8, 4) is 0 Å². The van der Waals surface area contributed by atoms with Crippen molar-refractivity contribution in [2.24, 2.45) is 5.73 Å². The normalized spacial score (nSPS) is 10.8. The van der Waals surface area contributed by atoms with E-state index in [1.165, 1.54) is 6.07 Å². The van der Waals surface area contributed by atoms with Crippen molar-refractivity contribution in [3.63, 3.8) is 0 Å². The summed E-state index contributed by atoms with van der Waals surface area (Å²) in [7, 11) is 0. The van der Waals surface area contributed by atoms with Crippen LogP contribution in [0.4, 0.5) is 8.78 Å². The molecule has 66 valence electrons. The van der Waals surface area contributed by atoms with Crippen LogP contribution in [0.15, 0.2) is 18.2 Å². The van der Waals surface area contributed by atoms with Gasteiger partial charge in [0, 0.05) is 6.92 Å². The van der Waals surface area contributed by atoms with E-state index < -0.39 is 5.92 Å². The second-order valence-corrected chi connectivity index (χ2v) is 2.68. The average Bonchev–Trinajstić information content (AvgIpc) is 2.03. The van der Waals surface area contributed by atoms with Gasteiger partial charge in [-0.3, -0.25) is 0 Å². The molecule has 0 aliphatic carbocycles. The molecule has 1 rings (SSSR count). The Hall–Kier alpha value is 0.676. The smallest absolute Gasteiger partial charge is 0.328 e. The third-order valence-corrected chi connectivity index (χ3v) is 1.55. The van der Waals surface area contributed by atoms with Gasteiger partial charge in [-0.2, -0.15) is 24.3 Å². The molecule has 0 bridgehead atoms. The molecule has 1 aromatic carbocycles. The van der Waals surface area contributed by atoms with E-state index in [4.69, 9.17) is 5.73 Å². The number of rotatable bonds is 2. The molecular formula is C9H10F2KN. The van der Waals surface area contributed by atoms with Crippen LogP contribution in [0.1, 0.15) is 18.1 Å². The standard InChI is InChI=1S/C9H10F2N.K/c1-9(10,11)8-4-2-3-7(5-8)6-12;/h2-4H,6,12H2,1H3;/q-1;+1. The van der Waals surface area contributed by atoms with Gasteiger partial charge >= 0.3 is 51.4 Å².